The molecule has 10 rings (SSSR count). The second-order valence-electron chi connectivity index (χ2n) is 23.0. The Morgan fingerprint density at radius 1 is 0.910 bits per heavy atom. The summed E-state index contributed by atoms with van der Waals surface area (Å²) in [6.07, 6.45) is 3.67. The number of nitrogens with zero attached hydrogens (tertiary/aromatic N) is 1. The Balaban J connectivity index is 1.15. The van der Waals surface area contributed by atoms with Gasteiger partial charge in [0, 0.05) is 54.1 Å². The number of carbonyl (C=O) groups is 5. The summed E-state index contributed by atoms with van der Waals surface area (Å²) in [5.74, 6) is -4.65. The highest BCUT2D eigenvalue weighted by Gasteiger charge is 2.86. The number of ether oxygens (including phenoxy) is 8. The number of benzene rings is 2. The van der Waals surface area contributed by atoms with Crippen LogP contribution in [0.25, 0.3) is 6.08 Å². The number of esters is 2. The van der Waals surface area contributed by atoms with Crippen LogP contribution in [0.2, 0.25) is 0 Å². The standard InChI is InChI=1S/C59H74N2O17/c1-30(2)12-11-21-57(9)22-20-37-48(76-57)36(18-13-31(3)4)50-41(49(37)75-54(70)33(6)60-52(68)34-14-16-35(17-15-34)73-55-47(66)46(65)44(63)39(29-62)74-55)45(64)42-43(61-24-26-72-27-25-61)38-28-40-56(7,8)78-58(51(38)67,59(40,42)77-50)23-19-32(5)53(69)71-10/h12-17,19-20,22,33,38-40,42-44,46-47,55,62-63,65-66H,11,18,21,23-29H2,1-10H3,(H,60,68)/b32-19-/t33?,38?,39-,40?,42?,43?,44-,46-,47-,55-,57?,58?,59?/m1/s1. The molecule has 1 spiro atoms. The topological polar surface area (TPSA) is 255 Å². The van der Waals surface area contributed by atoms with Crippen LogP contribution in [0.5, 0.6) is 23.0 Å². The first-order chi connectivity index (χ1) is 36.9. The quantitative estimate of drug-likeness (QED) is 0.0647. The lowest BCUT2D eigenvalue weighted by molar-refractivity contribution is -0.277. The number of aliphatic hydroxyl groups excluding tert-OH is 4. The average molecular weight is 1080 g/mol. The Bertz CT molecular complexity index is 2840. The van der Waals surface area contributed by atoms with Crippen molar-refractivity contribution in [1.29, 1.82) is 0 Å². The van der Waals surface area contributed by atoms with E-state index in [1.165, 1.54) is 38.3 Å². The zero-order chi connectivity index (χ0) is 56.4. The van der Waals surface area contributed by atoms with Crippen LogP contribution >= 0.6 is 0 Å². The molecule has 5 heterocycles. The minimum Gasteiger partial charge on any atom is -0.482 e. The van der Waals surface area contributed by atoms with Crippen molar-refractivity contribution in [3.63, 3.8) is 0 Å². The van der Waals surface area contributed by atoms with Gasteiger partial charge in [-0.05, 0) is 124 Å². The maximum Gasteiger partial charge on any atom is 0.333 e. The van der Waals surface area contributed by atoms with E-state index in [4.69, 9.17) is 37.9 Å². The van der Waals surface area contributed by atoms with E-state index in [9.17, 15) is 34.8 Å². The first-order valence-electron chi connectivity index (χ1n) is 26.9. The minimum absolute atomic E-state index is 0.00306. The molecule has 5 N–H and O–H groups in total. The number of hydrogen-bond donors (Lipinski definition) is 5. The van der Waals surface area contributed by atoms with E-state index in [-0.39, 0.29) is 52.6 Å². The van der Waals surface area contributed by atoms with E-state index in [1.54, 1.807) is 13.0 Å². The molecule has 1 amide bonds. The van der Waals surface area contributed by atoms with E-state index in [1.807, 2.05) is 66.7 Å². The molecule has 0 radical (unpaired) electrons. The molecule has 5 aliphatic heterocycles. The summed E-state index contributed by atoms with van der Waals surface area (Å²) in [4.78, 5) is 76.0. The summed E-state index contributed by atoms with van der Waals surface area (Å²) in [5, 5.41) is 43.2. The second-order valence-corrected chi connectivity index (χ2v) is 23.0. The molecule has 3 saturated heterocycles. The van der Waals surface area contributed by atoms with Crippen LogP contribution in [0, 0.1) is 17.8 Å². The van der Waals surface area contributed by atoms with Gasteiger partial charge in [0.15, 0.2) is 28.5 Å². The number of nitrogens with one attached hydrogen (secondary N) is 1. The number of amides is 1. The maximum absolute atomic E-state index is 16.6. The highest BCUT2D eigenvalue weighted by atomic mass is 16.7. The smallest absolute Gasteiger partial charge is 0.333 e. The van der Waals surface area contributed by atoms with Gasteiger partial charge in [0.2, 0.25) is 6.29 Å². The molecular formula is C59H74N2O17. The molecule has 19 nitrogen and oxygen atoms in total. The molecule has 8 aliphatic rings. The third kappa shape index (κ3) is 9.81. The first kappa shape index (κ1) is 56.9. The number of rotatable bonds is 16. The number of methoxy groups -OCH3 is 1. The van der Waals surface area contributed by atoms with Gasteiger partial charge in [-0.1, -0.05) is 29.4 Å². The Morgan fingerprint density at radius 3 is 2.26 bits per heavy atom. The van der Waals surface area contributed by atoms with Gasteiger partial charge in [-0.15, -0.1) is 0 Å². The second kappa shape index (κ2) is 21.7. The van der Waals surface area contributed by atoms with Crippen molar-refractivity contribution in [3.8, 4) is 23.0 Å². The lowest BCUT2D eigenvalue weighted by Gasteiger charge is -2.64. The van der Waals surface area contributed by atoms with Crippen LogP contribution in [-0.4, -0.2) is 160 Å². The van der Waals surface area contributed by atoms with E-state index >= 15 is 9.59 Å². The van der Waals surface area contributed by atoms with Gasteiger partial charge in [-0.2, -0.15) is 0 Å². The molecule has 4 bridgehead atoms. The molecule has 8 unspecified atom stereocenters. The molecule has 2 aromatic rings. The van der Waals surface area contributed by atoms with Crippen LogP contribution in [-0.2, 0) is 39.8 Å². The molecule has 0 aromatic heterocycles. The number of carbonyl (C=O) groups excluding carboxylic acids is 5. The van der Waals surface area contributed by atoms with Crippen LogP contribution < -0.4 is 24.3 Å². The first-order valence-corrected chi connectivity index (χ1v) is 26.9. The van der Waals surface area contributed by atoms with Crippen molar-refractivity contribution in [2.75, 3.05) is 40.0 Å². The molecule has 19 heteroatoms. The van der Waals surface area contributed by atoms with Crippen molar-refractivity contribution < 1.29 is 82.3 Å². The minimum atomic E-state index is -1.76. The molecule has 3 saturated carbocycles. The number of Topliss-reactive ketones (excluding diaryl/α,β-unsaturated/α-hetero) is 2. The summed E-state index contributed by atoms with van der Waals surface area (Å²) < 4.78 is 50.6. The van der Waals surface area contributed by atoms with Crippen LogP contribution in [0.3, 0.4) is 0 Å². The predicted octanol–water partition coefficient (Wildman–Crippen LogP) is 4.92. The van der Waals surface area contributed by atoms with Crippen molar-refractivity contribution in [1.82, 2.24) is 10.2 Å². The van der Waals surface area contributed by atoms with Gasteiger partial charge in [-0.3, -0.25) is 19.3 Å². The average Bonchev–Trinajstić information content (AvgIpc) is 3.82. The van der Waals surface area contributed by atoms with Gasteiger partial charge in [0.1, 0.15) is 58.9 Å². The fourth-order valence-corrected chi connectivity index (χ4v) is 12.9. The molecule has 3 aliphatic carbocycles. The van der Waals surface area contributed by atoms with Crippen molar-refractivity contribution in [2.24, 2.45) is 17.8 Å². The van der Waals surface area contributed by atoms with E-state index in [0.717, 1.165) is 11.1 Å². The van der Waals surface area contributed by atoms with Gasteiger partial charge in [0.05, 0.1) is 44.0 Å². The number of morpholine rings is 1. The van der Waals surface area contributed by atoms with Crippen LogP contribution in [0.15, 0.2) is 65.3 Å². The highest BCUT2D eigenvalue weighted by molar-refractivity contribution is 6.11. The normalized spacial score (nSPS) is 32.8. The largest absolute Gasteiger partial charge is 0.482 e. The summed E-state index contributed by atoms with van der Waals surface area (Å²) in [7, 11) is 1.28. The number of allylic oxidation sites excluding steroid dienone is 4. The van der Waals surface area contributed by atoms with Gasteiger partial charge < -0.3 is 63.6 Å². The fraction of sp³-hybridized carbons (Fsp3) is 0.576. The molecular weight excluding hydrogens is 1010 g/mol. The fourth-order valence-electron chi connectivity index (χ4n) is 12.9. The van der Waals surface area contributed by atoms with Gasteiger partial charge >= 0.3 is 11.9 Å². The number of fused-ring (bicyclic) bond motifs is 2. The van der Waals surface area contributed by atoms with Crippen LogP contribution in [0.1, 0.15) is 120 Å². The monoisotopic (exact) mass is 1080 g/mol. The lowest BCUT2D eigenvalue weighted by atomic mass is 9.44. The van der Waals surface area contributed by atoms with Crippen LogP contribution in [0.4, 0.5) is 0 Å². The summed E-state index contributed by atoms with van der Waals surface area (Å²) in [6.45, 7) is 17.8. The lowest BCUT2D eigenvalue weighted by Crippen LogP contribution is -2.82. The van der Waals surface area contributed by atoms with Gasteiger partial charge in [0.25, 0.3) is 5.91 Å². The summed E-state index contributed by atoms with van der Waals surface area (Å²) in [6, 6.07) is 3.63. The molecule has 6 fully saturated rings. The number of aliphatic hydroxyl groups is 4. The van der Waals surface area contributed by atoms with Crippen molar-refractivity contribution >= 4 is 35.5 Å². The predicted molar refractivity (Wildman–Crippen MR) is 282 cm³/mol. The SMILES string of the molecule is COC(=O)/C(C)=C\CC12OC(C)(C)C3CC(C1=O)C(N1CCOCC1)C1C(=O)c4c(OC(=O)C(C)NC(=O)c5ccc(O[C@@H]6O[C@H](CO)[C@@H](O)[C@@H](O)[C@H]6O)cc5)c5c(c(CC=C(C)C)c4OC132)OC(C)(CCC=C(C)C)C=C5. The van der Waals surface area contributed by atoms with Gasteiger partial charge in [-0.25, -0.2) is 9.59 Å². The molecule has 78 heavy (non-hydrogen) atoms. The third-order valence-corrected chi connectivity index (χ3v) is 16.8. The maximum atomic E-state index is 16.6. The molecule has 422 valence electrons. The van der Waals surface area contributed by atoms with Crippen molar-refractivity contribution in [3.05, 3.63) is 87.5 Å². The molecule has 13 atom stereocenters. The Morgan fingerprint density at radius 2 is 1.60 bits per heavy atom. The van der Waals surface area contributed by atoms with E-state index in [2.05, 4.69) is 16.3 Å². The van der Waals surface area contributed by atoms with E-state index in [0.29, 0.717) is 62.4 Å². The molecule has 2 aromatic carbocycles. The Kier molecular flexibility index (Phi) is 15.8. The summed E-state index contributed by atoms with van der Waals surface area (Å²) in [5.41, 5.74) is -2.00. The Labute approximate surface area is 454 Å². The summed E-state index contributed by atoms with van der Waals surface area (Å²) >= 11 is 0. The number of ketones is 2. The number of hydrogen-bond acceptors (Lipinski definition) is 18. The zero-order valence-corrected chi connectivity index (χ0v) is 46.1. The highest BCUT2D eigenvalue weighted by Crippen LogP contribution is 2.71. The zero-order valence-electron chi connectivity index (χ0n) is 46.1. The Hall–Kier alpha value is -5.77. The van der Waals surface area contributed by atoms with Crippen molar-refractivity contribution in [2.45, 2.75) is 160 Å². The third-order valence-electron chi connectivity index (χ3n) is 16.8. The van der Waals surface area contributed by atoms with E-state index < -0.39 is 113 Å².